The molecule has 0 radical (unpaired) electrons. The third-order valence-electron chi connectivity index (χ3n) is 5.35. The van der Waals surface area contributed by atoms with Crippen LogP contribution in [0.15, 0.2) is 17.1 Å². The van der Waals surface area contributed by atoms with E-state index in [1.165, 1.54) is 0 Å². The first kappa shape index (κ1) is 19.3. The molecule has 3 rings (SSSR count). The molecule has 0 saturated carbocycles. The van der Waals surface area contributed by atoms with Crippen LogP contribution in [0.4, 0.5) is 0 Å². The van der Waals surface area contributed by atoms with Gasteiger partial charge in [-0.05, 0) is 57.1 Å². The average Bonchev–Trinajstić information content (AvgIpc) is 3.10. The van der Waals surface area contributed by atoms with Crippen LogP contribution in [0.2, 0.25) is 0 Å². The van der Waals surface area contributed by atoms with Gasteiger partial charge >= 0.3 is 0 Å². The Kier molecular flexibility index (Phi) is 6.08. The molecule has 7 heteroatoms. The van der Waals surface area contributed by atoms with Crippen molar-refractivity contribution in [2.24, 2.45) is 5.92 Å². The number of pyridine rings is 1. The first-order valence-corrected chi connectivity index (χ1v) is 9.86. The van der Waals surface area contributed by atoms with Gasteiger partial charge in [0.15, 0.2) is 0 Å². The van der Waals surface area contributed by atoms with Gasteiger partial charge in [0, 0.05) is 31.5 Å². The number of aromatic amines is 1. The summed E-state index contributed by atoms with van der Waals surface area (Å²) in [7, 11) is 0. The fourth-order valence-corrected chi connectivity index (χ4v) is 3.62. The zero-order valence-corrected chi connectivity index (χ0v) is 16.5. The fourth-order valence-electron chi connectivity index (χ4n) is 3.62. The van der Waals surface area contributed by atoms with Crippen LogP contribution in [0, 0.1) is 19.8 Å². The highest BCUT2D eigenvalue weighted by Crippen LogP contribution is 2.20. The van der Waals surface area contributed by atoms with Crippen molar-refractivity contribution in [3.05, 3.63) is 45.1 Å². The Morgan fingerprint density at radius 1 is 1.37 bits per heavy atom. The number of piperidine rings is 1. The molecule has 27 heavy (non-hydrogen) atoms. The molecule has 0 aromatic carbocycles. The second-order valence-corrected chi connectivity index (χ2v) is 7.62. The predicted molar refractivity (Wildman–Crippen MR) is 104 cm³/mol. The summed E-state index contributed by atoms with van der Waals surface area (Å²) in [6.07, 6.45) is 7.23. The third kappa shape index (κ3) is 4.64. The van der Waals surface area contributed by atoms with E-state index >= 15 is 0 Å². The second-order valence-electron chi connectivity index (χ2n) is 7.62. The lowest BCUT2D eigenvalue weighted by molar-refractivity contribution is 0.0657. The molecule has 0 aliphatic carbocycles. The van der Waals surface area contributed by atoms with Crippen LogP contribution in [0.1, 0.15) is 59.9 Å². The first-order chi connectivity index (χ1) is 13.0. The van der Waals surface area contributed by atoms with Crippen LogP contribution in [0.3, 0.4) is 0 Å². The summed E-state index contributed by atoms with van der Waals surface area (Å²) in [6, 6.07) is 1.71. The van der Waals surface area contributed by atoms with Crippen molar-refractivity contribution in [3.8, 4) is 0 Å². The van der Waals surface area contributed by atoms with E-state index in [2.05, 4.69) is 22.2 Å². The summed E-state index contributed by atoms with van der Waals surface area (Å²) in [5, 5.41) is 8.47. The number of carbonyl (C=O) groups excluding carboxylic acids is 1. The number of amides is 1. The maximum Gasteiger partial charge on any atom is 0.261 e. The molecule has 1 atom stereocenters. The summed E-state index contributed by atoms with van der Waals surface area (Å²) in [5.41, 5.74) is 2.69. The van der Waals surface area contributed by atoms with E-state index in [-0.39, 0.29) is 17.0 Å². The number of aryl methyl sites for hydroxylation is 3. The molecule has 0 spiro atoms. The topological polar surface area (TPSA) is 83.9 Å². The van der Waals surface area contributed by atoms with Crippen molar-refractivity contribution < 1.29 is 4.79 Å². The summed E-state index contributed by atoms with van der Waals surface area (Å²) in [6.45, 7) is 8.01. The molecule has 2 aromatic heterocycles. The molecular weight excluding hydrogens is 342 g/mol. The minimum atomic E-state index is -0.304. The summed E-state index contributed by atoms with van der Waals surface area (Å²) in [4.78, 5) is 29.7. The number of nitrogens with zero attached hydrogens (tertiary/aromatic N) is 4. The number of likely N-dealkylation sites (tertiary alicyclic amines) is 1. The largest absolute Gasteiger partial charge is 0.338 e. The number of rotatable bonds is 6. The monoisotopic (exact) mass is 371 g/mol. The van der Waals surface area contributed by atoms with Gasteiger partial charge in [0.1, 0.15) is 5.56 Å². The van der Waals surface area contributed by atoms with Crippen molar-refractivity contribution in [2.75, 3.05) is 13.1 Å². The molecule has 2 aromatic rings. The summed E-state index contributed by atoms with van der Waals surface area (Å²) >= 11 is 0. The van der Waals surface area contributed by atoms with Gasteiger partial charge in [-0.25, -0.2) is 0 Å². The lowest BCUT2D eigenvalue weighted by Gasteiger charge is -2.32. The van der Waals surface area contributed by atoms with Crippen LogP contribution in [0.25, 0.3) is 0 Å². The lowest BCUT2D eigenvalue weighted by atomic mass is 9.97. The van der Waals surface area contributed by atoms with E-state index in [9.17, 15) is 9.59 Å². The maximum atomic E-state index is 12.9. The Morgan fingerprint density at radius 3 is 2.96 bits per heavy atom. The number of unbranched alkanes of at least 4 members (excludes halogenated alkanes) is 1. The predicted octanol–water partition coefficient (Wildman–Crippen LogP) is 2.48. The number of hydrogen-bond acceptors (Lipinski definition) is 4. The van der Waals surface area contributed by atoms with Crippen LogP contribution in [-0.2, 0) is 13.0 Å². The van der Waals surface area contributed by atoms with Gasteiger partial charge in [-0.15, -0.1) is 5.10 Å². The van der Waals surface area contributed by atoms with Gasteiger partial charge in [-0.3, -0.25) is 14.3 Å². The first-order valence-electron chi connectivity index (χ1n) is 9.86. The second kappa shape index (κ2) is 8.50. The SMILES string of the molecule is CCCCc1cn(C[C@H]2CCCN(C(=O)c3cc(C)c(C)[nH]c3=O)C2)nn1. The highest BCUT2D eigenvalue weighted by Gasteiger charge is 2.26. The van der Waals surface area contributed by atoms with Crippen molar-refractivity contribution in [3.63, 3.8) is 0 Å². The van der Waals surface area contributed by atoms with E-state index in [1.54, 1.807) is 6.07 Å². The van der Waals surface area contributed by atoms with E-state index in [4.69, 9.17) is 0 Å². The third-order valence-corrected chi connectivity index (χ3v) is 5.35. The molecule has 1 aliphatic heterocycles. The Balaban J connectivity index is 1.65. The van der Waals surface area contributed by atoms with E-state index in [1.807, 2.05) is 29.6 Å². The van der Waals surface area contributed by atoms with Crippen molar-refractivity contribution >= 4 is 5.91 Å². The Labute approximate surface area is 159 Å². The van der Waals surface area contributed by atoms with Crippen LogP contribution in [0.5, 0.6) is 0 Å². The van der Waals surface area contributed by atoms with Gasteiger partial charge in [0.2, 0.25) is 0 Å². The Hall–Kier alpha value is -2.44. The van der Waals surface area contributed by atoms with Crippen molar-refractivity contribution in [1.29, 1.82) is 0 Å². The highest BCUT2D eigenvalue weighted by atomic mass is 16.2. The van der Waals surface area contributed by atoms with Crippen LogP contribution < -0.4 is 5.56 Å². The lowest BCUT2D eigenvalue weighted by Crippen LogP contribution is -2.43. The van der Waals surface area contributed by atoms with Crippen LogP contribution >= 0.6 is 0 Å². The molecule has 1 amide bonds. The molecular formula is C20H29N5O2. The number of nitrogens with one attached hydrogen (secondary N) is 1. The molecule has 1 aliphatic rings. The van der Waals surface area contributed by atoms with Gasteiger partial charge in [-0.2, -0.15) is 0 Å². The van der Waals surface area contributed by atoms with E-state index < -0.39 is 0 Å². The Morgan fingerprint density at radius 2 is 2.19 bits per heavy atom. The summed E-state index contributed by atoms with van der Waals surface area (Å²) < 4.78 is 1.90. The number of carbonyl (C=O) groups is 1. The zero-order valence-electron chi connectivity index (χ0n) is 16.5. The molecule has 7 nitrogen and oxygen atoms in total. The van der Waals surface area contributed by atoms with Crippen LogP contribution in [-0.4, -0.2) is 43.9 Å². The number of hydrogen-bond donors (Lipinski definition) is 1. The Bertz CT molecular complexity index is 854. The molecule has 146 valence electrons. The summed E-state index contributed by atoms with van der Waals surface area (Å²) in [5.74, 6) is 0.153. The fraction of sp³-hybridized carbons (Fsp3) is 0.600. The molecule has 3 heterocycles. The molecule has 0 unspecified atom stereocenters. The quantitative estimate of drug-likeness (QED) is 0.845. The standard InChI is InChI=1S/C20H29N5O2/c1-4-5-8-17-13-25(23-22-17)12-16-7-6-9-24(11-16)20(27)18-10-14(2)15(3)21-19(18)26/h10,13,16H,4-9,11-12H2,1-3H3,(H,21,26)/t16-/m0/s1. The highest BCUT2D eigenvalue weighted by molar-refractivity contribution is 5.94. The minimum Gasteiger partial charge on any atom is -0.338 e. The zero-order chi connectivity index (χ0) is 19.4. The van der Waals surface area contributed by atoms with Gasteiger partial charge < -0.3 is 9.88 Å². The average molecular weight is 371 g/mol. The maximum absolute atomic E-state index is 12.9. The van der Waals surface area contributed by atoms with E-state index in [0.29, 0.717) is 19.0 Å². The smallest absolute Gasteiger partial charge is 0.261 e. The molecule has 0 bridgehead atoms. The van der Waals surface area contributed by atoms with Gasteiger partial charge in [-0.1, -0.05) is 18.6 Å². The van der Waals surface area contributed by atoms with Crippen molar-refractivity contribution in [2.45, 2.75) is 59.4 Å². The number of aromatic nitrogens is 4. The van der Waals surface area contributed by atoms with Gasteiger partial charge in [0.25, 0.3) is 11.5 Å². The normalized spacial score (nSPS) is 17.3. The minimum absolute atomic E-state index is 0.175. The molecule has 1 saturated heterocycles. The van der Waals surface area contributed by atoms with Crippen molar-refractivity contribution in [1.82, 2.24) is 24.9 Å². The van der Waals surface area contributed by atoms with Gasteiger partial charge in [0.05, 0.1) is 5.69 Å². The molecule has 1 N–H and O–H groups in total. The van der Waals surface area contributed by atoms with E-state index in [0.717, 1.165) is 55.6 Å². The number of H-pyrrole nitrogens is 1. The molecule has 1 fully saturated rings.